The monoisotopic (exact) mass is 379 g/mol. The first kappa shape index (κ1) is 17.7. The van der Waals surface area contributed by atoms with E-state index >= 15 is 0 Å². The number of alkyl halides is 6. The van der Waals surface area contributed by atoms with Gasteiger partial charge in [0.15, 0.2) is 5.69 Å². The summed E-state index contributed by atoms with van der Waals surface area (Å²) in [7, 11) is 1.22. The fraction of sp³-hybridized carbons (Fsp3) is 0.231. The standard InChI is InChI=1S/C13H7F6N5O2/c1-24-9(5-7(22-24)12(14,15)16)25-8-4-2-3-6(20-8)10-21-11(23-26-10)13(17,18)19/h2-5H,1H3. The van der Waals surface area contributed by atoms with Crippen molar-refractivity contribution in [3.8, 4) is 23.3 Å². The van der Waals surface area contributed by atoms with Crippen molar-refractivity contribution in [2.24, 2.45) is 7.05 Å². The molecule has 0 spiro atoms. The van der Waals surface area contributed by atoms with Gasteiger partial charge in [0.05, 0.1) is 0 Å². The van der Waals surface area contributed by atoms with Crippen LogP contribution >= 0.6 is 0 Å². The zero-order valence-corrected chi connectivity index (χ0v) is 12.6. The predicted molar refractivity (Wildman–Crippen MR) is 70.8 cm³/mol. The van der Waals surface area contributed by atoms with Crippen LogP contribution in [0.5, 0.6) is 11.8 Å². The molecule has 0 aromatic carbocycles. The van der Waals surface area contributed by atoms with Gasteiger partial charge in [-0.3, -0.25) is 0 Å². The Labute approximate surface area is 140 Å². The zero-order chi connectivity index (χ0) is 19.1. The molecule has 0 atom stereocenters. The molecule has 0 saturated carbocycles. The van der Waals surface area contributed by atoms with Crippen molar-refractivity contribution in [3.05, 3.63) is 35.8 Å². The van der Waals surface area contributed by atoms with E-state index in [0.717, 1.165) is 4.68 Å². The van der Waals surface area contributed by atoms with Crippen LogP contribution in [0.2, 0.25) is 0 Å². The molecule has 0 fully saturated rings. The molecule has 0 bridgehead atoms. The van der Waals surface area contributed by atoms with Crippen LogP contribution in [0.4, 0.5) is 26.3 Å². The Morgan fingerprint density at radius 3 is 2.35 bits per heavy atom. The van der Waals surface area contributed by atoms with E-state index in [1.165, 1.54) is 25.2 Å². The molecule has 13 heteroatoms. The van der Waals surface area contributed by atoms with Gasteiger partial charge in [-0.15, -0.1) is 0 Å². The largest absolute Gasteiger partial charge is 0.455 e. The van der Waals surface area contributed by atoms with Gasteiger partial charge in [0.2, 0.25) is 11.8 Å². The lowest BCUT2D eigenvalue weighted by Crippen LogP contribution is -2.07. The number of halogens is 6. The molecule has 3 heterocycles. The second-order valence-corrected chi connectivity index (χ2v) is 4.87. The Morgan fingerprint density at radius 2 is 1.77 bits per heavy atom. The summed E-state index contributed by atoms with van der Waals surface area (Å²) in [4.78, 5) is 7.00. The van der Waals surface area contributed by atoms with E-state index in [2.05, 4.69) is 24.7 Å². The van der Waals surface area contributed by atoms with Crippen molar-refractivity contribution >= 4 is 0 Å². The third-order valence-electron chi connectivity index (χ3n) is 2.96. The van der Waals surface area contributed by atoms with Gasteiger partial charge in [-0.2, -0.15) is 36.4 Å². The van der Waals surface area contributed by atoms with E-state index in [4.69, 9.17) is 4.74 Å². The highest BCUT2D eigenvalue weighted by Crippen LogP contribution is 2.32. The van der Waals surface area contributed by atoms with Crippen LogP contribution in [-0.2, 0) is 19.4 Å². The number of hydrogen-bond donors (Lipinski definition) is 0. The number of hydrogen-bond acceptors (Lipinski definition) is 6. The van der Waals surface area contributed by atoms with Crippen LogP contribution in [0.1, 0.15) is 11.5 Å². The van der Waals surface area contributed by atoms with Crippen LogP contribution in [0.3, 0.4) is 0 Å². The minimum Gasteiger partial charge on any atom is -0.421 e. The Balaban J connectivity index is 1.87. The van der Waals surface area contributed by atoms with Gasteiger partial charge in [-0.25, -0.2) is 9.67 Å². The van der Waals surface area contributed by atoms with Crippen molar-refractivity contribution in [3.63, 3.8) is 0 Å². The Hall–Kier alpha value is -3.12. The minimum absolute atomic E-state index is 0.149. The lowest BCUT2D eigenvalue weighted by molar-refractivity contribution is -0.146. The maximum atomic E-state index is 12.6. The Morgan fingerprint density at radius 1 is 1.04 bits per heavy atom. The Kier molecular flexibility index (Phi) is 4.08. The van der Waals surface area contributed by atoms with Crippen LogP contribution < -0.4 is 4.74 Å². The maximum absolute atomic E-state index is 12.6. The van der Waals surface area contributed by atoms with E-state index in [9.17, 15) is 26.3 Å². The molecule has 26 heavy (non-hydrogen) atoms. The second kappa shape index (κ2) is 6.00. The van der Waals surface area contributed by atoms with E-state index in [1.807, 2.05) is 0 Å². The van der Waals surface area contributed by atoms with Crippen molar-refractivity contribution in [2.45, 2.75) is 12.4 Å². The van der Waals surface area contributed by atoms with E-state index in [0.29, 0.717) is 6.07 Å². The third kappa shape index (κ3) is 3.60. The van der Waals surface area contributed by atoms with Crippen molar-refractivity contribution in [1.29, 1.82) is 0 Å². The van der Waals surface area contributed by atoms with Crippen molar-refractivity contribution in [1.82, 2.24) is 24.9 Å². The first-order chi connectivity index (χ1) is 12.0. The summed E-state index contributed by atoms with van der Waals surface area (Å²) in [6, 6.07) is 4.55. The molecule has 3 aromatic heterocycles. The number of nitrogens with zero attached hydrogens (tertiary/aromatic N) is 5. The zero-order valence-electron chi connectivity index (χ0n) is 12.6. The van der Waals surface area contributed by atoms with Gasteiger partial charge < -0.3 is 9.26 Å². The molecule has 3 aromatic rings. The van der Waals surface area contributed by atoms with E-state index < -0.39 is 29.8 Å². The summed E-state index contributed by atoms with van der Waals surface area (Å²) in [5.41, 5.74) is -1.32. The Bertz CT molecular complexity index is 930. The summed E-state index contributed by atoms with van der Waals surface area (Å²) in [6.45, 7) is 0. The number of pyridine rings is 1. The average molecular weight is 379 g/mol. The minimum atomic E-state index is -4.79. The predicted octanol–water partition coefficient (Wildman–Crippen LogP) is 3.70. The molecule has 0 radical (unpaired) electrons. The van der Waals surface area contributed by atoms with Gasteiger partial charge in [0.1, 0.15) is 5.69 Å². The molecule has 7 nitrogen and oxygen atoms in total. The third-order valence-corrected chi connectivity index (χ3v) is 2.96. The summed E-state index contributed by atoms with van der Waals surface area (Å²) in [6.07, 6.45) is -9.45. The fourth-order valence-electron chi connectivity index (χ4n) is 1.82. The molecule has 138 valence electrons. The second-order valence-electron chi connectivity index (χ2n) is 4.87. The highest BCUT2D eigenvalue weighted by Gasteiger charge is 2.37. The maximum Gasteiger partial charge on any atom is 0.455 e. The van der Waals surface area contributed by atoms with Gasteiger partial charge in [0.25, 0.3) is 11.7 Å². The number of ether oxygens (including phenoxy) is 1. The molecular formula is C13H7F6N5O2. The van der Waals surface area contributed by atoms with E-state index in [1.54, 1.807) is 0 Å². The van der Waals surface area contributed by atoms with E-state index in [-0.39, 0.29) is 17.5 Å². The number of aryl methyl sites for hydroxylation is 1. The molecule has 0 saturated heterocycles. The first-order valence-corrected chi connectivity index (χ1v) is 6.71. The highest BCUT2D eigenvalue weighted by atomic mass is 19.4. The molecule has 3 rings (SSSR count). The fourth-order valence-corrected chi connectivity index (χ4v) is 1.82. The molecule has 0 amide bonds. The summed E-state index contributed by atoms with van der Waals surface area (Å²) < 4.78 is 85.9. The molecule has 0 aliphatic heterocycles. The molecule has 0 unspecified atom stereocenters. The normalized spacial score (nSPS) is 12.4. The molecular weight excluding hydrogens is 372 g/mol. The van der Waals surface area contributed by atoms with Crippen molar-refractivity contribution in [2.75, 3.05) is 0 Å². The van der Waals surface area contributed by atoms with Crippen molar-refractivity contribution < 1.29 is 35.6 Å². The molecule has 0 N–H and O–H groups in total. The van der Waals surface area contributed by atoms with Crippen LogP contribution in [-0.4, -0.2) is 24.9 Å². The van der Waals surface area contributed by atoms with Crippen LogP contribution in [0.25, 0.3) is 11.6 Å². The summed E-state index contributed by atoms with van der Waals surface area (Å²) in [5, 5.41) is 6.05. The lowest BCUT2D eigenvalue weighted by Gasteiger charge is -2.04. The SMILES string of the molecule is Cn1nc(C(F)(F)F)cc1Oc1cccc(-c2nc(C(F)(F)F)no2)n1. The lowest BCUT2D eigenvalue weighted by atomic mass is 10.3. The number of aromatic nitrogens is 5. The van der Waals surface area contributed by atoms with Gasteiger partial charge in [0, 0.05) is 19.2 Å². The van der Waals surface area contributed by atoms with Gasteiger partial charge in [-0.05, 0) is 6.07 Å². The first-order valence-electron chi connectivity index (χ1n) is 6.71. The smallest absolute Gasteiger partial charge is 0.421 e. The summed E-state index contributed by atoms with van der Waals surface area (Å²) >= 11 is 0. The van der Waals surface area contributed by atoms with Gasteiger partial charge >= 0.3 is 12.4 Å². The molecule has 0 aliphatic rings. The quantitative estimate of drug-likeness (QED) is 0.646. The van der Waals surface area contributed by atoms with Crippen LogP contribution in [0, 0.1) is 0 Å². The highest BCUT2D eigenvalue weighted by molar-refractivity contribution is 5.47. The van der Waals surface area contributed by atoms with Crippen LogP contribution in [0.15, 0.2) is 28.8 Å². The topological polar surface area (TPSA) is 78.9 Å². The average Bonchev–Trinajstić information content (AvgIpc) is 3.15. The summed E-state index contributed by atoms with van der Waals surface area (Å²) in [5.74, 6) is -2.49. The van der Waals surface area contributed by atoms with Gasteiger partial charge in [-0.1, -0.05) is 11.2 Å². The number of rotatable bonds is 3. The molecule has 0 aliphatic carbocycles.